The van der Waals surface area contributed by atoms with Gasteiger partial charge < -0.3 is 38.9 Å². The molecule has 0 aromatic heterocycles. The predicted octanol–water partition coefficient (Wildman–Crippen LogP) is 0.369. The number of quaternary nitrogens is 2. The smallest absolute Gasteiger partial charge is 0.137 e. The van der Waals surface area contributed by atoms with E-state index in [1.807, 2.05) is 24.3 Å². The fraction of sp³-hybridized carbons (Fsp3) is 0.769. The zero-order valence-electron chi connectivity index (χ0n) is 20.2. The van der Waals surface area contributed by atoms with E-state index in [9.17, 15) is 20.4 Å². The van der Waals surface area contributed by atoms with E-state index in [1.165, 1.54) is 0 Å². The third kappa shape index (κ3) is 4.33. The largest absolute Gasteiger partial charge is 0.488 e. The topological polar surface area (TPSA) is 99.4 Å². The van der Waals surface area contributed by atoms with Gasteiger partial charge in [0.2, 0.25) is 0 Å². The lowest BCUT2D eigenvalue weighted by molar-refractivity contribution is -0.930. The molecule has 0 bridgehead atoms. The third-order valence-corrected chi connectivity index (χ3v) is 9.54. The van der Waals surface area contributed by atoms with Gasteiger partial charge in [0.15, 0.2) is 0 Å². The number of nitrogens with zero attached hydrogens (tertiary/aromatic N) is 2. The second-order valence-electron chi connectivity index (χ2n) is 11.1. The Balaban J connectivity index is 1.13. The highest BCUT2D eigenvalue weighted by atomic mass is 16.5. The van der Waals surface area contributed by atoms with E-state index in [1.54, 1.807) is 0 Å². The van der Waals surface area contributed by atoms with E-state index in [0.717, 1.165) is 85.4 Å². The van der Waals surface area contributed by atoms with Gasteiger partial charge in [0.05, 0.1) is 39.4 Å². The first-order valence-corrected chi connectivity index (χ1v) is 13.2. The highest BCUT2D eigenvalue weighted by Crippen LogP contribution is 2.41. The van der Waals surface area contributed by atoms with Crippen LogP contribution in [0.4, 0.5) is 0 Å². The molecule has 34 heavy (non-hydrogen) atoms. The molecule has 4 fully saturated rings. The fourth-order valence-electron chi connectivity index (χ4n) is 7.87. The van der Waals surface area contributed by atoms with Crippen LogP contribution in [0.1, 0.15) is 25.7 Å². The van der Waals surface area contributed by atoms with Gasteiger partial charge in [-0.1, -0.05) is 6.07 Å². The van der Waals surface area contributed by atoms with Crippen molar-refractivity contribution in [3.63, 3.8) is 0 Å². The fourth-order valence-corrected chi connectivity index (χ4v) is 7.87. The van der Waals surface area contributed by atoms with Gasteiger partial charge in [-0.15, -0.1) is 0 Å². The zero-order chi connectivity index (χ0) is 23.8. The molecule has 4 aliphatic heterocycles. The van der Waals surface area contributed by atoms with Gasteiger partial charge >= 0.3 is 0 Å². The Morgan fingerprint density at radius 1 is 0.706 bits per heavy atom. The molecule has 190 valence electrons. The van der Waals surface area contributed by atoms with Crippen LogP contribution >= 0.6 is 0 Å². The maximum Gasteiger partial charge on any atom is 0.137 e. The first-order chi connectivity index (χ1) is 16.5. The van der Waals surface area contributed by atoms with Crippen LogP contribution < -0.4 is 9.47 Å². The van der Waals surface area contributed by atoms with Crippen LogP contribution in [0.15, 0.2) is 24.3 Å². The second kappa shape index (κ2) is 9.91. The van der Waals surface area contributed by atoms with E-state index in [-0.39, 0.29) is 49.3 Å². The summed E-state index contributed by atoms with van der Waals surface area (Å²) in [6, 6.07) is 8.06. The molecule has 4 heterocycles. The summed E-state index contributed by atoms with van der Waals surface area (Å²) in [5.41, 5.74) is 0. The number of aliphatic hydroxyl groups excluding tert-OH is 4. The number of hydrogen-bond acceptors (Lipinski definition) is 6. The van der Waals surface area contributed by atoms with Crippen molar-refractivity contribution in [2.24, 2.45) is 11.8 Å². The number of benzene rings is 1. The van der Waals surface area contributed by atoms with E-state index >= 15 is 0 Å². The molecule has 8 atom stereocenters. The standard InChI is InChI=1S/C26H42N2O6/c29-17-19-4-8-27(10-6-23(31)25(19)27)12-14-33-21-2-1-3-22(16-21)34-15-13-28-9-5-20(18-30)26(28)24(32)7-11-28/h1-3,16,19-20,23-26,29-32H,4-15,17-18H2/q+2/t19-,20-,23-,24-,25-,26+,27-,28+/m0/s1. The minimum absolute atomic E-state index is 0.139. The molecule has 1 aromatic carbocycles. The molecule has 4 N–H and O–H groups in total. The van der Waals surface area contributed by atoms with E-state index in [4.69, 9.17) is 9.47 Å². The van der Waals surface area contributed by atoms with Crippen molar-refractivity contribution >= 4 is 0 Å². The Morgan fingerprint density at radius 3 is 1.59 bits per heavy atom. The number of ether oxygens (including phenoxy) is 2. The summed E-state index contributed by atoms with van der Waals surface area (Å²) in [6.45, 7) is 7.09. The van der Waals surface area contributed by atoms with Crippen LogP contribution in [0.5, 0.6) is 11.5 Å². The summed E-state index contributed by atoms with van der Waals surface area (Å²) in [6.07, 6.45) is 2.92. The Hall–Kier alpha value is -1.42. The molecule has 0 unspecified atom stereocenters. The summed E-state index contributed by atoms with van der Waals surface area (Å²) >= 11 is 0. The monoisotopic (exact) mass is 478 g/mol. The molecule has 0 radical (unpaired) electrons. The average Bonchev–Trinajstić information content (AvgIpc) is 3.56. The van der Waals surface area contributed by atoms with Gasteiger partial charge in [-0.25, -0.2) is 0 Å². The quantitative estimate of drug-likeness (QED) is 0.363. The van der Waals surface area contributed by atoms with Crippen molar-refractivity contribution in [2.45, 2.75) is 50.0 Å². The summed E-state index contributed by atoms with van der Waals surface area (Å²) in [7, 11) is 0. The highest BCUT2D eigenvalue weighted by molar-refractivity contribution is 5.32. The minimum Gasteiger partial charge on any atom is -0.488 e. The molecule has 5 rings (SSSR count). The molecule has 0 saturated carbocycles. The second-order valence-corrected chi connectivity index (χ2v) is 11.1. The van der Waals surface area contributed by atoms with Crippen LogP contribution in [0.2, 0.25) is 0 Å². The lowest BCUT2D eigenvalue weighted by Gasteiger charge is -2.36. The van der Waals surface area contributed by atoms with Gasteiger partial charge in [0, 0.05) is 43.6 Å². The van der Waals surface area contributed by atoms with Crippen LogP contribution in [-0.2, 0) is 0 Å². The molecule has 0 aliphatic carbocycles. The normalized spacial score (nSPS) is 40.9. The van der Waals surface area contributed by atoms with Crippen molar-refractivity contribution in [1.82, 2.24) is 0 Å². The lowest BCUT2D eigenvalue weighted by Crippen LogP contribution is -2.53. The van der Waals surface area contributed by atoms with Crippen molar-refractivity contribution in [2.75, 3.05) is 65.7 Å². The van der Waals surface area contributed by atoms with E-state index in [2.05, 4.69) is 0 Å². The lowest BCUT2D eigenvalue weighted by atomic mass is 9.97. The molecule has 1 aromatic rings. The van der Waals surface area contributed by atoms with Gasteiger partial charge in [-0.3, -0.25) is 0 Å². The van der Waals surface area contributed by atoms with Crippen LogP contribution in [0.25, 0.3) is 0 Å². The maximum absolute atomic E-state index is 10.5. The SMILES string of the molecule is OC[C@@H]1CC[N@+]2(CCOc3cccc(OCC[N@@+]45CC[C@@H](CO)[C@H]4[C@@H](O)CC5)c3)CC[C@H](O)[C@@H]12. The summed E-state index contributed by atoms with van der Waals surface area (Å²) < 4.78 is 13.9. The summed E-state index contributed by atoms with van der Waals surface area (Å²) in [5, 5.41) is 40.4. The Kier molecular flexibility index (Phi) is 7.08. The van der Waals surface area contributed by atoms with Gasteiger partial charge in [0.1, 0.15) is 62.1 Å². The van der Waals surface area contributed by atoms with Crippen LogP contribution in [0.3, 0.4) is 0 Å². The van der Waals surface area contributed by atoms with Crippen LogP contribution in [0, 0.1) is 11.8 Å². The molecular weight excluding hydrogens is 436 g/mol. The number of hydrogen-bond donors (Lipinski definition) is 4. The molecular formula is C26H42N2O6+2. The van der Waals surface area contributed by atoms with E-state index in [0.29, 0.717) is 13.2 Å². The van der Waals surface area contributed by atoms with Gasteiger partial charge in [-0.2, -0.15) is 0 Å². The predicted molar refractivity (Wildman–Crippen MR) is 126 cm³/mol. The Labute approximate surface area is 202 Å². The van der Waals surface area contributed by atoms with Gasteiger partial charge in [-0.05, 0) is 12.1 Å². The Morgan fingerprint density at radius 2 is 1.15 bits per heavy atom. The molecule has 8 nitrogen and oxygen atoms in total. The minimum atomic E-state index is -0.317. The Bertz CT molecular complexity index is 778. The van der Waals surface area contributed by atoms with Crippen molar-refractivity contribution in [3.05, 3.63) is 24.3 Å². The first kappa shape index (κ1) is 24.3. The van der Waals surface area contributed by atoms with E-state index < -0.39 is 0 Å². The van der Waals surface area contributed by atoms with Gasteiger partial charge in [0.25, 0.3) is 0 Å². The number of aliphatic hydroxyl groups is 4. The molecule has 0 amide bonds. The van der Waals surface area contributed by atoms with Crippen LogP contribution in [-0.4, -0.2) is 119 Å². The highest BCUT2D eigenvalue weighted by Gasteiger charge is 2.56. The molecule has 4 saturated heterocycles. The summed E-state index contributed by atoms with van der Waals surface area (Å²) in [5.74, 6) is 1.96. The zero-order valence-corrected chi connectivity index (χ0v) is 20.2. The molecule has 8 heteroatoms. The molecule has 0 spiro atoms. The molecule has 4 aliphatic rings. The van der Waals surface area contributed by atoms with Crippen molar-refractivity contribution < 1.29 is 38.9 Å². The van der Waals surface area contributed by atoms with Crippen molar-refractivity contribution in [3.8, 4) is 11.5 Å². The maximum atomic E-state index is 10.5. The average molecular weight is 479 g/mol. The van der Waals surface area contributed by atoms with Crippen molar-refractivity contribution in [1.29, 1.82) is 0 Å². The summed E-state index contributed by atoms with van der Waals surface area (Å²) in [4.78, 5) is 0. The number of rotatable bonds is 10. The first-order valence-electron chi connectivity index (χ1n) is 13.2. The number of fused-ring (bicyclic) bond motifs is 2. The third-order valence-electron chi connectivity index (χ3n) is 9.54.